The molecule has 0 saturated heterocycles. The van der Waals surface area contributed by atoms with Gasteiger partial charge in [-0.1, -0.05) is 50.2 Å². The standard InChI is InChI=1S/C17H13NO4.C2H6/c19-15(20)9-18-13-7-3-1-5-11(13)17(16(18)21)10-22-14-8-4-2-6-12(14)17;1-2/h1-8H,9-10H2,(H,19,20);1-2H3. The Kier molecular flexibility index (Phi) is 4.01. The van der Waals surface area contributed by atoms with Gasteiger partial charge in [0.2, 0.25) is 5.91 Å². The lowest BCUT2D eigenvalue weighted by molar-refractivity contribution is -0.137. The molecule has 5 heteroatoms. The van der Waals surface area contributed by atoms with Crippen LogP contribution in [0.3, 0.4) is 0 Å². The van der Waals surface area contributed by atoms with Crippen molar-refractivity contribution in [1.29, 1.82) is 0 Å². The molecule has 1 amide bonds. The van der Waals surface area contributed by atoms with Crippen molar-refractivity contribution in [2.75, 3.05) is 18.1 Å². The van der Waals surface area contributed by atoms with Crippen LogP contribution in [-0.2, 0) is 15.0 Å². The first-order valence-corrected chi connectivity index (χ1v) is 8.00. The highest BCUT2D eigenvalue weighted by atomic mass is 16.5. The number of anilines is 1. The normalized spacial score (nSPS) is 20.1. The SMILES string of the molecule is CC.O=C(O)CN1C(=O)C2(COc3ccccc32)c2ccccc21. The van der Waals surface area contributed by atoms with Gasteiger partial charge in [-0.05, 0) is 17.7 Å². The summed E-state index contributed by atoms with van der Waals surface area (Å²) in [5.41, 5.74) is 1.34. The van der Waals surface area contributed by atoms with Gasteiger partial charge >= 0.3 is 5.97 Å². The first-order chi connectivity index (χ1) is 11.6. The summed E-state index contributed by atoms with van der Waals surface area (Å²) < 4.78 is 5.72. The lowest BCUT2D eigenvalue weighted by Crippen LogP contribution is -2.44. The predicted molar refractivity (Wildman–Crippen MR) is 90.5 cm³/mol. The fraction of sp³-hybridized carbons (Fsp3) is 0.263. The molecule has 0 aromatic heterocycles. The molecule has 1 atom stereocenters. The fourth-order valence-electron chi connectivity index (χ4n) is 3.43. The maximum absolute atomic E-state index is 13.1. The van der Waals surface area contributed by atoms with E-state index in [1.807, 2.05) is 56.3 Å². The molecule has 1 unspecified atom stereocenters. The van der Waals surface area contributed by atoms with Crippen molar-refractivity contribution in [3.05, 3.63) is 59.7 Å². The molecule has 0 radical (unpaired) electrons. The van der Waals surface area contributed by atoms with Gasteiger partial charge in [0.05, 0.1) is 0 Å². The summed E-state index contributed by atoms with van der Waals surface area (Å²) >= 11 is 0. The number of nitrogens with zero attached hydrogens (tertiary/aromatic N) is 1. The van der Waals surface area contributed by atoms with Crippen molar-refractivity contribution in [3.63, 3.8) is 0 Å². The van der Waals surface area contributed by atoms with Crippen LogP contribution in [0.4, 0.5) is 5.69 Å². The molecular formula is C19H19NO4. The molecule has 0 bridgehead atoms. The largest absolute Gasteiger partial charge is 0.491 e. The Morgan fingerprint density at radius 3 is 2.46 bits per heavy atom. The number of carboxylic acids is 1. The summed E-state index contributed by atoms with van der Waals surface area (Å²) in [5.74, 6) is -0.587. The molecule has 0 fully saturated rings. The van der Waals surface area contributed by atoms with Gasteiger partial charge in [0.1, 0.15) is 24.3 Å². The number of hydrogen-bond acceptors (Lipinski definition) is 3. The maximum Gasteiger partial charge on any atom is 0.323 e. The third kappa shape index (κ3) is 2.08. The van der Waals surface area contributed by atoms with Gasteiger partial charge in [-0.3, -0.25) is 14.5 Å². The van der Waals surface area contributed by atoms with Gasteiger partial charge in [0, 0.05) is 11.3 Å². The van der Waals surface area contributed by atoms with Crippen LogP contribution in [0.15, 0.2) is 48.5 Å². The third-order valence-corrected chi connectivity index (χ3v) is 4.35. The number of carbonyl (C=O) groups is 2. The van der Waals surface area contributed by atoms with Crippen LogP contribution in [0, 0.1) is 0 Å². The molecule has 2 aliphatic rings. The Labute approximate surface area is 140 Å². The zero-order valence-electron chi connectivity index (χ0n) is 13.7. The minimum atomic E-state index is -1.03. The summed E-state index contributed by atoms with van der Waals surface area (Å²) in [4.78, 5) is 25.5. The number of fused-ring (bicyclic) bond motifs is 4. The minimum Gasteiger partial charge on any atom is -0.491 e. The van der Waals surface area contributed by atoms with Gasteiger partial charge in [0.25, 0.3) is 0 Å². The second kappa shape index (κ2) is 6.00. The molecular weight excluding hydrogens is 306 g/mol. The molecule has 2 aromatic carbocycles. The van der Waals surface area contributed by atoms with Gasteiger partial charge in [-0.2, -0.15) is 0 Å². The first kappa shape index (κ1) is 16.1. The van der Waals surface area contributed by atoms with Crippen molar-refractivity contribution in [2.24, 2.45) is 0 Å². The van der Waals surface area contributed by atoms with Crippen LogP contribution in [-0.4, -0.2) is 30.1 Å². The van der Waals surface area contributed by atoms with E-state index in [0.717, 1.165) is 11.1 Å². The van der Waals surface area contributed by atoms with Crippen LogP contribution >= 0.6 is 0 Å². The quantitative estimate of drug-likeness (QED) is 0.922. The van der Waals surface area contributed by atoms with Gasteiger partial charge in [0.15, 0.2) is 0 Å². The Morgan fingerprint density at radius 2 is 1.75 bits per heavy atom. The second-order valence-electron chi connectivity index (χ2n) is 5.49. The van der Waals surface area contributed by atoms with E-state index >= 15 is 0 Å². The third-order valence-electron chi connectivity index (χ3n) is 4.35. The Hall–Kier alpha value is -2.82. The molecule has 0 aliphatic carbocycles. The zero-order chi connectivity index (χ0) is 17.3. The van der Waals surface area contributed by atoms with E-state index in [1.54, 1.807) is 6.07 Å². The van der Waals surface area contributed by atoms with E-state index in [0.29, 0.717) is 11.4 Å². The molecule has 1 spiro atoms. The lowest BCUT2D eigenvalue weighted by Gasteiger charge is -2.22. The molecule has 2 heterocycles. The number of aliphatic carboxylic acids is 1. The summed E-state index contributed by atoms with van der Waals surface area (Å²) in [6.07, 6.45) is 0. The lowest BCUT2D eigenvalue weighted by atomic mass is 9.77. The number of amides is 1. The van der Waals surface area contributed by atoms with Crippen LogP contribution in [0.5, 0.6) is 5.75 Å². The number of carboxylic acid groups (broad SMARTS) is 1. The Bertz CT molecular complexity index is 801. The first-order valence-electron chi connectivity index (χ1n) is 8.00. The Balaban J connectivity index is 0.000000815. The second-order valence-corrected chi connectivity index (χ2v) is 5.49. The summed E-state index contributed by atoms with van der Waals surface area (Å²) in [6.45, 7) is 3.86. The number of ether oxygens (including phenoxy) is 1. The van der Waals surface area contributed by atoms with E-state index in [9.17, 15) is 9.59 Å². The molecule has 124 valence electrons. The van der Waals surface area contributed by atoms with Crippen molar-refractivity contribution < 1.29 is 19.4 Å². The topological polar surface area (TPSA) is 66.8 Å². The van der Waals surface area contributed by atoms with Crippen LogP contribution in [0.2, 0.25) is 0 Å². The smallest absolute Gasteiger partial charge is 0.323 e. The van der Waals surface area contributed by atoms with Crippen LogP contribution < -0.4 is 9.64 Å². The Morgan fingerprint density at radius 1 is 1.12 bits per heavy atom. The highest BCUT2D eigenvalue weighted by Gasteiger charge is 2.56. The molecule has 2 aromatic rings. The van der Waals surface area contributed by atoms with Crippen molar-refractivity contribution in [2.45, 2.75) is 19.3 Å². The highest BCUT2D eigenvalue weighted by Crippen LogP contribution is 2.51. The van der Waals surface area contributed by atoms with Crippen LogP contribution in [0.1, 0.15) is 25.0 Å². The predicted octanol–water partition coefficient (Wildman–Crippen LogP) is 2.82. The average Bonchev–Trinajstić information content (AvgIpc) is 3.11. The highest BCUT2D eigenvalue weighted by molar-refractivity contribution is 6.13. The molecule has 0 saturated carbocycles. The number of rotatable bonds is 2. The monoisotopic (exact) mass is 325 g/mol. The van der Waals surface area contributed by atoms with Gasteiger partial charge < -0.3 is 9.84 Å². The number of hydrogen-bond donors (Lipinski definition) is 1. The van der Waals surface area contributed by atoms with E-state index < -0.39 is 11.4 Å². The van der Waals surface area contributed by atoms with Gasteiger partial charge in [-0.15, -0.1) is 0 Å². The zero-order valence-corrected chi connectivity index (χ0v) is 13.7. The number of carbonyl (C=O) groups excluding carboxylic acids is 1. The molecule has 2 aliphatic heterocycles. The average molecular weight is 325 g/mol. The van der Waals surface area contributed by atoms with Crippen molar-refractivity contribution in [1.82, 2.24) is 0 Å². The molecule has 24 heavy (non-hydrogen) atoms. The number of para-hydroxylation sites is 2. The summed E-state index contributed by atoms with van der Waals surface area (Å²) in [5, 5.41) is 9.12. The van der Waals surface area contributed by atoms with E-state index in [1.165, 1.54) is 4.90 Å². The number of benzene rings is 2. The van der Waals surface area contributed by atoms with E-state index in [-0.39, 0.29) is 19.1 Å². The molecule has 1 N–H and O–H groups in total. The van der Waals surface area contributed by atoms with Crippen LogP contribution in [0.25, 0.3) is 0 Å². The van der Waals surface area contributed by atoms with Crippen molar-refractivity contribution in [3.8, 4) is 5.75 Å². The van der Waals surface area contributed by atoms with Crippen molar-refractivity contribution >= 4 is 17.6 Å². The molecule has 4 rings (SSSR count). The summed E-state index contributed by atoms with van der Waals surface area (Å²) in [7, 11) is 0. The van der Waals surface area contributed by atoms with E-state index in [2.05, 4.69) is 0 Å². The van der Waals surface area contributed by atoms with E-state index in [4.69, 9.17) is 9.84 Å². The maximum atomic E-state index is 13.1. The fourth-order valence-corrected chi connectivity index (χ4v) is 3.43. The summed E-state index contributed by atoms with van der Waals surface area (Å²) in [6, 6.07) is 14.8. The minimum absolute atomic E-state index is 0.207. The van der Waals surface area contributed by atoms with Gasteiger partial charge in [-0.25, -0.2) is 0 Å². The molecule has 5 nitrogen and oxygen atoms in total.